The molecule has 0 amide bonds. The fraction of sp³-hybridized carbons (Fsp3) is 0.0986. The molecule has 72 heavy (non-hydrogen) atoms. The molecule has 11 aromatic carbocycles. The molecule has 344 valence electrons. The molecule has 0 aromatic heterocycles. The number of hydrogen-bond acceptors (Lipinski definition) is 1. The first-order valence-electron chi connectivity index (χ1n) is 25.4. The molecule has 0 heterocycles. The first-order valence-corrected chi connectivity index (χ1v) is 25.4. The lowest BCUT2D eigenvalue weighted by atomic mass is 9.65. The predicted octanol–water partition coefficient (Wildman–Crippen LogP) is 18.6. The van der Waals surface area contributed by atoms with Crippen molar-refractivity contribution in [1.29, 1.82) is 0 Å². The average Bonchev–Trinajstić information content (AvgIpc) is 3.81. The Hall–Kier alpha value is -8.52. The maximum absolute atomic E-state index is 2.51. The van der Waals surface area contributed by atoms with Crippen molar-refractivity contribution in [3.63, 3.8) is 0 Å². The third-order valence-corrected chi connectivity index (χ3v) is 16.2. The highest BCUT2D eigenvalue weighted by Crippen LogP contribution is 2.54. The zero-order valence-electron chi connectivity index (χ0n) is 41.3. The Bertz CT molecular complexity index is 3730. The highest BCUT2D eigenvalue weighted by molar-refractivity contribution is 6.06. The van der Waals surface area contributed by atoms with E-state index in [-0.39, 0.29) is 10.8 Å². The van der Waals surface area contributed by atoms with Gasteiger partial charge in [-0.1, -0.05) is 252 Å². The molecule has 2 aliphatic rings. The lowest BCUT2D eigenvalue weighted by molar-refractivity contribution is 0.660. The van der Waals surface area contributed by atoms with Crippen molar-refractivity contribution in [2.45, 2.75) is 43.9 Å². The minimum Gasteiger partial charge on any atom is -0.310 e. The van der Waals surface area contributed by atoms with Crippen molar-refractivity contribution in [1.82, 2.24) is 0 Å². The number of fused-ring (bicyclic) bond motifs is 7. The SMILES string of the molecule is CC1(C)c2ccccc2-c2ccc(-c3ccc(-c4c(N(c5ccc(C(c6ccccc6)(c6ccccc6)c6ccccc6)cc5)c5ccc6c(c5)C(C)(C)c5ccccc5-6)ccc5ccccc45)cc3)cc21. The van der Waals surface area contributed by atoms with Gasteiger partial charge in [-0.05, 0) is 131 Å². The normalized spacial score (nSPS) is 13.8. The standard InChI is InChI=1S/C71H55N/c1-69(2)63-30-18-16-28-59(63)61-43-36-51(46-65(61)69)48-32-34-50(35-33-48)68-58-27-15-14-20-49(58)37-45-67(68)72(57-42-44-62-60-29-17-19-31-64(60)70(3,4)66(62)47-57)56-40-38-55(39-41-56)71(52-21-8-5-9-22-52,53-23-10-6-11-24-53)54-25-12-7-13-26-54/h5-47H,1-4H3. The summed E-state index contributed by atoms with van der Waals surface area (Å²) in [5.74, 6) is 0. The second kappa shape index (κ2) is 16.8. The van der Waals surface area contributed by atoms with Gasteiger partial charge < -0.3 is 4.90 Å². The Labute approximate surface area is 424 Å². The molecule has 0 atom stereocenters. The van der Waals surface area contributed by atoms with Crippen LogP contribution in [0.4, 0.5) is 17.1 Å². The number of rotatable bonds is 9. The quantitative estimate of drug-likeness (QED) is 0.130. The minimum atomic E-state index is -0.565. The van der Waals surface area contributed by atoms with E-state index < -0.39 is 5.41 Å². The summed E-state index contributed by atoms with van der Waals surface area (Å²) in [6.45, 7) is 9.47. The molecular formula is C71H55N. The Kier molecular flexibility index (Phi) is 10.2. The molecule has 13 rings (SSSR count). The van der Waals surface area contributed by atoms with Gasteiger partial charge in [0.15, 0.2) is 0 Å². The van der Waals surface area contributed by atoms with Crippen LogP contribution < -0.4 is 4.90 Å². The van der Waals surface area contributed by atoms with Crippen molar-refractivity contribution in [3.8, 4) is 44.5 Å². The van der Waals surface area contributed by atoms with Crippen molar-refractivity contribution in [2.24, 2.45) is 0 Å². The van der Waals surface area contributed by atoms with E-state index in [9.17, 15) is 0 Å². The first-order chi connectivity index (χ1) is 35.2. The van der Waals surface area contributed by atoms with Gasteiger partial charge in [-0.15, -0.1) is 0 Å². The second-order valence-electron chi connectivity index (χ2n) is 20.8. The molecule has 0 saturated heterocycles. The van der Waals surface area contributed by atoms with E-state index in [1.165, 1.54) is 99.8 Å². The number of hydrogen-bond donors (Lipinski definition) is 0. The van der Waals surface area contributed by atoms with Gasteiger partial charge in [-0.25, -0.2) is 0 Å². The van der Waals surface area contributed by atoms with Gasteiger partial charge in [0.2, 0.25) is 0 Å². The Balaban J connectivity index is 0.998. The van der Waals surface area contributed by atoms with Gasteiger partial charge in [0.05, 0.1) is 11.1 Å². The van der Waals surface area contributed by atoms with Crippen LogP contribution in [0.5, 0.6) is 0 Å². The summed E-state index contributed by atoms with van der Waals surface area (Å²) in [7, 11) is 0. The van der Waals surface area contributed by atoms with Crippen LogP contribution in [0.25, 0.3) is 55.3 Å². The van der Waals surface area contributed by atoms with Crippen molar-refractivity contribution >= 4 is 27.8 Å². The monoisotopic (exact) mass is 921 g/mol. The summed E-state index contributed by atoms with van der Waals surface area (Å²) < 4.78 is 0. The van der Waals surface area contributed by atoms with E-state index in [1.54, 1.807) is 0 Å². The fourth-order valence-electron chi connectivity index (χ4n) is 12.6. The van der Waals surface area contributed by atoms with Crippen LogP contribution in [0.15, 0.2) is 261 Å². The highest BCUT2D eigenvalue weighted by atomic mass is 15.1. The number of nitrogens with zero attached hydrogens (tertiary/aromatic N) is 1. The van der Waals surface area contributed by atoms with Gasteiger partial charge in [0, 0.05) is 27.8 Å². The maximum atomic E-state index is 2.51. The lowest BCUT2D eigenvalue weighted by Crippen LogP contribution is -2.31. The maximum Gasteiger partial charge on any atom is 0.0701 e. The molecule has 0 spiro atoms. The molecule has 0 aliphatic heterocycles. The van der Waals surface area contributed by atoms with E-state index in [2.05, 4.69) is 293 Å². The van der Waals surface area contributed by atoms with E-state index >= 15 is 0 Å². The van der Waals surface area contributed by atoms with Gasteiger partial charge >= 0.3 is 0 Å². The zero-order chi connectivity index (χ0) is 48.6. The van der Waals surface area contributed by atoms with Crippen LogP contribution in [0.2, 0.25) is 0 Å². The molecule has 11 aromatic rings. The zero-order valence-corrected chi connectivity index (χ0v) is 41.3. The molecule has 0 saturated carbocycles. The summed E-state index contributed by atoms with van der Waals surface area (Å²) in [6, 6.07) is 97.3. The Morgan fingerprint density at radius 3 is 1.32 bits per heavy atom. The summed E-state index contributed by atoms with van der Waals surface area (Å²) in [5.41, 5.74) is 23.0. The third kappa shape index (κ3) is 6.68. The topological polar surface area (TPSA) is 3.24 Å². The third-order valence-electron chi connectivity index (χ3n) is 16.2. The van der Waals surface area contributed by atoms with E-state index in [0.29, 0.717) is 0 Å². The van der Waals surface area contributed by atoms with Gasteiger partial charge in [-0.2, -0.15) is 0 Å². The average molecular weight is 922 g/mol. The van der Waals surface area contributed by atoms with Gasteiger partial charge in [0.25, 0.3) is 0 Å². The smallest absolute Gasteiger partial charge is 0.0701 e. The molecular weight excluding hydrogens is 867 g/mol. The van der Waals surface area contributed by atoms with E-state index in [4.69, 9.17) is 0 Å². The van der Waals surface area contributed by atoms with Crippen LogP contribution in [0.3, 0.4) is 0 Å². The number of benzene rings is 11. The van der Waals surface area contributed by atoms with Crippen LogP contribution in [0.1, 0.15) is 72.2 Å². The molecule has 0 radical (unpaired) electrons. The van der Waals surface area contributed by atoms with Crippen LogP contribution in [0, 0.1) is 0 Å². The second-order valence-corrected chi connectivity index (χ2v) is 20.8. The Morgan fingerprint density at radius 2 is 0.736 bits per heavy atom. The fourth-order valence-corrected chi connectivity index (χ4v) is 12.6. The Morgan fingerprint density at radius 1 is 0.306 bits per heavy atom. The molecule has 0 fully saturated rings. The van der Waals surface area contributed by atoms with Gasteiger partial charge in [-0.3, -0.25) is 0 Å². The summed E-state index contributed by atoms with van der Waals surface area (Å²) >= 11 is 0. The van der Waals surface area contributed by atoms with Crippen LogP contribution in [-0.2, 0) is 16.2 Å². The summed E-state index contributed by atoms with van der Waals surface area (Å²) in [5, 5.41) is 2.42. The van der Waals surface area contributed by atoms with E-state index in [1.807, 2.05) is 0 Å². The summed E-state index contributed by atoms with van der Waals surface area (Å²) in [6.07, 6.45) is 0. The molecule has 2 aliphatic carbocycles. The van der Waals surface area contributed by atoms with Gasteiger partial charge in [0.1, 0.15) is 0 Å². The molecule has 0 bridgehead atoms. The molecule has 1 heteroatoms. The van der Waals surface area contributed by atoms with E-state index in [0.717, 1.165) is 17.1 Å². The largest absolute Gasteiger partial charge is 0.310 e. The van der Waals surface area contributed by atoms with Crippen molar-refractivity contribution in [2.75, 3.05) is 4.90 Å². The molecule has 1 nitrogen and oxygen atoms in total. The first kappa shape index (κ1) is 43.5. The van der Waals surface area contributed by atoms with Crippen molar-refractivity contribution < 1.29 is 0 Å². The predicted molar refractivity (Wildman–Crippen MR) is 303 cm³/mol. The molecule has 0 unspecified atom stereocenters. The van der Waals surface area contributed by atoms with Crippen LogP contribution >= 0.6 is 0 Å². The minimum absolute atomic E-state index is 0.0664. The lowest BCUT2D eigenvalue weighted by Gasteiger charge is -2.37. The summed E-state index contributed by atoms with van der Waals surface area (Å²) in [4.78, 5) is 2.51. The molecule has 0 N–H and O–H groups in total. The van der Waals surface area contributed by atoms with Crippen LogP contribution in [-0.4, -0.2) is 0 Å². The number of anilines is 3. The highest BCUT2D eigenvalue weighted by Gasteiger charge is 2.40. The van der Waals surface area contributed by atoms with Crippen molar-refractivity contribution in [3.05, 3.63) is 305 Å².